The lowest BCUT2D eigenvalue weighted by molar-refractivity contribution is -0.917. The van der Waals surface area contributed by atoms with E-state index < -0.39 is 6.03 Å². The van der Waals surface area contributed by atoms with Crippen molar-refractivity contribution in [2.75, 3.05) is 32.7 Å². The Morgan fingerprint density at radius 1 is 1.26 bits per heavy atom. The van der Waals surface area contributed by atoms with Gasteiger partial charge in [0.05, 0.1) is 31.1 Å². The third-order valence-electron chi connectivity index (χ3n) is 4.19. The van der Waals surface area contributed by atoms with Crippen molar-refractivity contribution in [2.24, 2.45) is 5.73 Å². The summed E-state index contributed by atoms with van der Waals surface area (Å²) in [6.45, 7) is 5.46. The van der Waals surface area contributed by atoms with E-state index in [2.05, 4.69) is 22.8 Å². The van der Waals surface area contributed by atoms with Crippen LogP contribution in [0.25, 0.3) is 0 Å². The fourth-order valence-corrected chi connectivity index (χ4v) is 3.63. The molecule has 0 bridgehead atoms. The molecule has 128 valence electrons. The van der Waals surface area contributed by atoms with Crippen LogP contribution >= 0.6 is 11.3 Å². The summed E-state index contributed by atoms with van der Waals surface area (Å²) in [6, 6.07) is 3.80. The van der Waals surface area contributed by atoms with E-state index in [1.807, 2.05) is 16.2 Å². The van der Waals surface area contributed by atoms with Crippen molar-refractivity contribution in [1.29, 1.82) is 0 Å². The summed E-state index contributed by atoms with van der Waals surface area (Å²) in [5.41, 5.74) is 4.99. The first-order chi connectivity index (χ1) is 11.1. The van der Waals surface area contributed by atoms with Gasteiger partial charge < -0.3 is 20.9 Å². The van der Waals surface area contributed by atoms with Gasteiger partial charge in [0, 0.05) is 13.0 Å². The highest BCUT2D eigenvalue weighted by Gasteiger charge is 2.23. The minimum Gasteiger partial charge on any atom is -0.352 e. The maximum absolute atomic E-state index is 12.2. The molecule has 3 amide bonds. The molecule has 0 unspecified atom stereocenters. The zero-order chi connectivity index (χ0) is 16.5. The normalized spacial score (nSPS) is 15.6. The third-order valence-corrected chi connectivity index (χ3v) is 5.07. The van der Waals surface area contributed by atoms with E-state index >= 15 is 0 Å². The first-order valence-corrected chi connectivity index (χ1v) is 9.20. The zero-order valence-corrected chi connectivity index (χ0v) is 14.4. The molecule has 23 heavy (non-hydrogen) atoms. The lowest BCUT2D eigenvalue weighted by Gasteiger charge is -2.32. The number of quaternary nitrogens is 1. The van der Waals surface area contributed by atoms with Crippen molar-refractivity contribution >= 4 is 23.3 Å². The number of carbonyl (C=O) groups is 2. The van der Waals surface area contributed by atoms with Gasteiger partial charge in [-0.25, -0.2) is 4.79 Å². The highest BCUT2D eigenvalue weighted by atomic mass is 32.1. The topological polar surface area (TPSA) is 79.9 Å². The Morgan fingerprint density at radius 3 is 2.70 bits per heavy atom. The van der Waals surface area contributed by atoms with Gasteiger partial charge in [-0.1, -0.05) is 12.5 Å². The van der Waals surface area contributed by atoms with Crippen molar-refractivity contribution in [1.82, 2.24) is 10.2 Å². The lowest BCUT2D eigenvalue weighted by Crippen LogP contribution is -3.13. The number of piperazine rings is 1. The Kier molecular flexibility index (Phi) is 7.35. The Hall–Kier alpha value is -1.60. The fraction of sp³-hybridized carbons (Fsp3) is 0.625. The molecule has 0 saturated carbocycles. The number of primary amides is 1. The maximum atomic E-state index is 12.2. The van der Waals surface area contributed by atoms with Gasteiger partial charge >= 0.3 is 6.03 Å². The third kappa shape index (κ3) is 6.58. The number of amides is 3. The SMILES string of the molecule is NC(=O)NCCCCCC(=O)N1CC[NH+](Cc2cccs2)CC1. The molecule has 1 fully saturated rings. The number of unbranched alkanes of at least 4 members (excludes halogenated alkanes) is 2. The van der Waals surface area contributed by atoms with Gasteiger partial charge in [0.1, 0.15) is 6.54 Å². The summed E-state index contributed by atoms with van der Waals surface area (Å²) in [5, 5.41) is 4.68. The highest BCUT2D eigenvalue weighted by molar-refractivity contribution is 7.09. The van der Waals surface area contributed by atoms with Crippen LogP contribution in [0.15, 0.2) is 17.5 Å². The van der Waals surface area contributed by atoms with Gasteiger partial charge in [0.25, 0.3) is 0 Å². The van der Waals surface area contributed by atoms with E-state index in [1.54, 1.807) is 4.90 Å². The average molecular weight is 339 g/mol. The van der Waals surface area contributed by atoms with Crippen molar-refractivity contribution in [3.63, 3.8) is 0 Å². The van der Waals surface area contributed by atoms with Gasteiger partial charge in [-0.3, -0.25) is 4.79 Å². The number of thiophene rings is 1. The molecule has 1 aromatic rings. The number of nitrogens with two attached hydrogens (primary N) is 1. The molecule has 6 nitrogen and oxygen atoms in total. The quantitative estimate of drug-likeness (QED) is 0.592. The first kappa shape index (κ1) is 17.7. The molecule has 4 N–H and O–H groups in total. The van der Waals surface area contributed by atoms with Crippen LogP contribution in [0.1, 0.15) is 30.6 Å². The van der Waals surface area contributed by atoms with Crippen LogP contribution in [-0.2, 0) is 11.3 Å². The average Bonchev–Trinajstić information content (AvgIpc) is 3.04. The van der Waals surface area contributed by atoms with Gasteiger partial charge in [-0.15, -0.1) is 11.3 Å². The summed E-state index contributed by atoms with van der Waals surface area (Å²) in [5.74, 6) is 0.267. The van der Waals surface area contributed by atoms with Gasteiger partial charge in [-0.05, 0) is 24.3 Å². The molecule has 0 atom stereocenters. The van der Waals surface area contributed by atoms with Crippen molar-refractivity contribution in [2.45, 2.75) is 32.2 Å². The van der Waals surface area contributed by atoms with Crippen LogP contribution in [0.3, 0.4) is 0 Å². The summed E-state index contributed by atoms with van der Waals surface area (Å²) in [6.07, 6.45) is 3.29. The largest absolute Gasteiger partial charge is 0.352 e. The van der Waals surface area contributed by atoms with Crippen LogP contribution in [0.2, 0.25) is 0 Å². The van der Waals surface area contributed by atoms with E-state index in [1.165, 1.54) is 4.88 Å². The number of rotatable bonds is 8. The smallest absolute Gasteiger partial charge is 0.312 e. The summed E-state index contributed by atoms with van der Waals surface area (Å²) in [7, 11) is 0. The molecule has 2 heterocycles. The predicted molar refractivity (Wildman–Crippen MR) is 91.4 cm³/mol. The summed E-state index contributed by atoms with van der Waals surface area (Å²) >= 11 is 1.81. The minimum atomic E-state index is -0.482. The van der Waals surface area contributed by atoms with Crippen molar-refractivity contribution in [3.05, 3.63) is 22.4 Å². The molecule has 7 heteroatoms. The number of hydrogen-bond acceptors (Lipinski definition) is 3. The number of hydrogen-bond donors (Lipinski definition) is 3. The molecular weight excluding hydrogens is 312 g/mol. The number of nitrogens with zero attached hydrogens (tertiary/aromatic N) is 1. The van der Waals surface area contributed by atoms with E-state index in [9.17, 15) is 9.59 Å². The van der Waals surface area contributed by atoms with Crippen LogP contribution in [0, 0.1) is 0 Å². The maximum Gasteiger partial charge on any atom is 0.312 e. The molecule has 0 aliphatic carbocycles. The molecule has 0 aromatic carbocycles. The van der Waals surface area contributed by atoms with Crippen molar-refractivity contribution < 1.29 is 14.5 Å². The van der Waals surface area contributed by atoms with Crippen LogP contribution in [0.5, 0.6) is 0 Å². The number of carbonyl (C=O) groups excluding carboxylic acids is 2. The van der Waals surface area contributed by atoms with E-state index in [-0.39, 0.29) is 5.91 Å². The molecule has 1 aromatic heterocycles. The van der Waals surface area contributed by atoms with E-state index in [0.29, 0.717) is 13.0 Å². The van der Waals surface area contributed by atoms with E-state index in [4.69, 9.17) is 5.73 Å². The highest BCUT2D eigenvalue weighted by Crippen LogP contribution is 2.07. The first-order valence-electron chi connectivity index (χ1n) is 8.32. The monoisotopic (exact) mass is 339 g/mol. The molecule has 0 radical (unpaired) electrons. The lowest BCUT2D eigenvalue weighted by atomic mass is 10.1. The molecule has 1 saturated heterocycles. The second kappa shape index (κ2) is 9.52. The van der Waals surface area contributed by atoms with Gasteiger partial charge in [-0.2, -0.15) is 0 Å². The Balaban J connectivity index is 1.55. The molecule has 1 aliphatic heterocycles. The predicted octanol–water partition coefficient (Wildman–Crippen LogP) is 0.204. The summed E-state index contributed by atoms with van der Waals surface area (Å²) < 4.78 is 0. The zero-order valence-electron chi connectivity index (χ0n) is 13.6. The summed E-state index contributed by atoms with van der Waals surface area (Å²) in [4.78, 5) is 27.7. The standard InChI is InChI=1S/C16H26N4O2S/c17-16(22)18-7-3-1-2-6-15(21)20-10-8-19(9-11-20)13-14-5-4-12-23-14/h4-5,12H,1-3,6-11,13H2,(H3,17,18,22)/p+1. The molecule has 2 rings (SSSR count). The Morgan fingerprint density at radius 2 is 2.04 bits per heavy atom. The second-order valence-corrected chi connectivity index (χ2v) is 7.02. The van der Waals surface area contributed by atoms with Gasteiger partial charge in [0.15, 0.2) is 0 Å². The molecule has 1 aliphatic rings. The van der Waals surface area contributed by atoms with Crippen LogP contribution in [0.4, 0.5) is 4.79 Å². The van der Waals surface area contributed by atoms with E-state index in [0.717, 1.165) is 52.0 Å². The molecular formula is C16H27N4O2S+. The number of nitrogens with one attached hydrogen (secondary N) is 2. The van der Waals surface area contributed by atoms with Crippen LogP contribution < -0.4 is 16.0 Å². The fourth-order valence-electron chi connectivity index (χ4n) is 2.86. The second-order valence-electron chi connectivity index (χ2n) is 5.99. The van der Waals surface area contributed by atoms with Crippen LogP contribution in [-0.4, -0.2) is 49.6 Å². The molecule has 0 spiro atoms. The number of urea groups is 1. The Bertz CT molecular complexity index is 484. The minimum absolute atomic E-state index is 0.267. The van der Waals surface area contributed by atoms with Crippen molar-refractivity contribution in [3.8, 4) is 0 Å². The van der Waals surface area contributed by atoms with Gasteiger partial charge in [0.2, 0.25) is 5.91 Å². The Labute approximate surface area is 141 Å².